The first-order valence-electron chi connectivity index (χ1n) is 6.63. The van der Waals surface area contributed by atoms with Crippen LogP contribution in [0.3, 0.4) is 0 Å². The van der Waals surface area contributed by atoms with Crippen molar-refractivity contribution in [1.82, 2.24) is 9.55 Å². The number of benzene rings is 1. The molecular formula is C16H14N2OS. The summed E-state index contributed by atoms with van der Waals surface area (Å²) in [6, 6.07) is 10.5. The van der Waals surface area contributed by atoms with E-state index in [4.69, 9.17) is 4.74 Å². The lowest BCUT2D eigenvalue weighted by Crippen LogP contribution is -2.10. The number of nitrogens with zero attached hydrogens (tertiary/aromatic N) is 2. The number of rotatable bonds is 2. The molecule has 0 spiro atoms. The fourth-order valence-electron chi connectivity index (χ4n) is 2.80. The predicted molar refractivity (Wildman–Crippen MR) is 81.2 cm³/mol. The van der Waals surface area contributed by atoms with Gasteiger partial charge in [0.05, 0.1) is 24.0 Å². The number of thiophene rings is 1. The first-order chi connectivity index (χ1) is 9.86. The van der Waals surface area contributed by atoms with E-state index < -0.39 is 0 Å². The van der Waals surface area contributed by atoms with E-state index in [1.54, 1.807) is 18.4 Å². The Bertz CT molecular complexity index is 759. The Morgan fingerprint density at radius 3 is 3.05 bits per heavy atom. The highest BCUT2D eigenvalue weighted by molar-refractivity contribution is 7.13. The second-order valence-electron chi connectivity index (χ2n) is 4.89. The maximum Gasteiger partial charge on any atom is 0.119 e. The van der Waals surface area contributed by atoms with Crippen LogP contribution in [-0.2, 0) is 13.0 Å². The Morgan fingerprint density at radius 2 is 2.25 bits per heavy atom. The lowest BCUT2D eigenvalue weighted by Gasteiger charge is -2.20. The largest absolute Gasteiger partial charge is 0.497 e. The van der Waals surface area contributed by atoms with Gasteiger partial charge in [-0.3, -0.25) is 0 Å². The maximum absolute atomic E-state index is 5.33. The fraction of sp³-hybridized carbons (Fsp3) is 0.188. The molecule has 3 heterocycles. The molecule has 4 heteroatoms. The van der Waals surface area contributed by atoms with Gasteiger partial charge in [-0.15, -0.1) is 11.3 Å². The van der Waals surface area contributed by atoms with Gasteiger partial charge >= 0.3 is 0 Å². The summed E-state index contributed by atoms with van der Waals surface area (Å²) in [6.45, 7) is 0.980. The zero-order valence-corrected chi connectivity index (χ0v) is 12.0. The Hall–Kier alpha value is -2.07. The molecule has 3 nitrogen and oxygen atoms in total. The highest BCUT2D eigenvalue weighted by atomic mass is 32.1. The van der Waals surface area contributed by atoms with Crippen LogP contribution in [0.1, 0.15) is 5.56 Å². The Morgan fingerprint density at radius 1 is 1.30 bits per heavy atom. The first-order valence-corrected chi connectivity index (χ1v) is 7.51. The molecule has 0 radical (unpaired) electrons. The topological polar surface area (TPSA) is 27.1 Å². The van der Waals surface area contributed by atoms with Crippen molar-refractivity contribution < 1.29 is 4.74 Å². The molecule has 2 aromatic heterocycles. The maximum atomic E-state index is 5.33. The predicted octanol–water partition coefficient (Wildman–Crippen LogP) is 3.84. The van der Waals surface area contributed by atoms with E-state index in [1.165, 1.54) is 21.7 Å². The molecule has 20 heavy (non-hydrogen) atoms. The van der Waals surface area contributed by atoms with Gasteiger partial charge in [-0.25, -0.2) is 4.98 Å². The number of imidazole rings is 1. The number of aryl methyl sites for hydroxylation is 2. The highest BCUT2D eigenvalue weighted by Gasteiger charge is 2.22. The van der Waals surface area contributed by atoms with Crippen LogP contribution in [0.15, 0.2) is 42.0 Å². The molecule has 3 aromatic rings. The lowest BCUT2D eigenvalue weighted by atomic mass is 9.96. The molecule has 0 aliphatic carbocycles. The van der Waals surface area contributed by atoms with E-state index in [-0.39, 0.29) is 0 Å². The molecule has 100 valence electrons. The first kappa shape index (κ1) is 11.7. The molecule has 0 fully saturated rings. The van der Waals surface area contributed by atoms with E-state index in [2.05, 4.69) is 39.2 Å². The summed E-state index contributed by atoms with van der Waals surface area (Å²) in [4.78, 5) is 5.85. The summed E-state index contributed by atoms with van der Waals surface area (Å²) in [6.07, 6.45) is 2.98. The van der Waals surface area contributed by atoms with Crippen molar-refractivity contribution in [2.24, 2.45) is 0 Å². The molecule has 0 unspecified atom stereocenters. The summed E-state index contributed by atoms with van der Waals surface area (Å²) >= 11 is 1.74. The molecule has 0 saturated heterocycles. The second-order valence-corrected chi connectivity index (χ2v) is 5.83. The fourth-order valence-corrected chi connectivity index (χ4v) is 3.53. The van der Waals surface area contributed by atoms with Crippen LogP contribution >= 0.6 is 11.3 Å². The van der Waals surface area contributed by atoms with Crippen molar-refractivity contribution in [2.45, 2.75) is 13.0 Å². The van der Waals surface area contributed by atoms with Gasteiger partial charge in [-0.05, 0) is 41.6 Å². The molecule has 1 aliphatic heterocycles. The monoisotopic (exact) mass is 282 g/mol. The zero-order chi connectivity index (χ0) is 13.5. The Balaban J connectivity index is 1.92. The van der Waals surface area contributed by atoms with Crippen LogP contribution in [0.4, 0.5) is 0 Å². The number of methoxy groups -OCH3 is 1. The molecule has 1 aromatic carbocycles. The quantitative estimate of drug-likeness (QED) is 0.714. The number of aromatic nitrogens is 2. The van der Waals surface area contributed by atoms with Crippen LogP contribution in [0.5, 0.6) is 5.75 Å². The van der Waals surface area contributed by atoms with Crippen LogP contribution < -0.4 is 4.74 Å². The highest BCUT2D eigenvalue weighted by Crippen LogP contribution is 2.39. The van der Waals surface area contributed by atoms with E-state index in [1.807, 2.05) is 12.4 Å². The van der Waals surface area contributed by atoms with E-state index >= 15 is 0 Å². The Labute approximate surface area is 121 Å². The van der Waals surface area contributed by atoms with Crippen LogP contribution in [0, 0.1) is 0 Å². The average molecular weight is 282 g/mol. The molecule has 0 amide bonds. The van der Waals surface area contributed by atoms with Gasteiger partial charge in [0.2, 0.25) is 0 Å². The smallest absolute Gasteiger partial charge is 0.119 e. The number of hydrogen-bond donors (Lipinski definition) is 0. The van der Waals surface area contributed by atoms with Gasteiger partial charge in [-0.2, -0.15) is 0 Å². The summed E-state index contributed by atoms with van der Waals surface area (Å²) in [5, 5.41) is 2.10. The summed E-state index contributed by atoms with van der Waals surface area (Å²) in [5.41, 5.74) is 4.94. The number of fused-ring (bicyclic) bond motifs is 3. The molecule has 0 atom stereocenters. The van der Waals surface area contributed by atoms with Crippen molar-refractivity contribution in [3.63, 3.8) is 0 Å². The zero-order valence-electron chi connectivity index (χ0n) is 11.2. The lowest BCUT2D eigenvalue weighted by molar-refractivity contribution is 0.414. The van der Waals surface area contributed by atoms with Gasteiger partial charge in [0, 0.05) is 12.1 Å². The standard InChI is InChI=1S/C16H14N2OS/c1-19-12-4-5-13-11(9-12)6-7-18-10-17-15(16(13)18)14-3-2-8-20-14/h2-5,8-10H,6-7H2,1H3. The SMILES string of the molecule is COc1ccc2c(c1)CCn1cnc(-c3cccs3)c1-2. The minimum atomic E-state index is 0.925. The number of ether oxygens (including phenoxy) is 1. The van der Waals surface area contributed by atoms with Crippen molar-refractivity contribution in [2.75, 3.05) is 7.11 Å². The summed E-state index contributed by atoms with van der Waals surface area (Å²) < 4.78 is 7.59. The molecule has 4 rings (SSSR count). The number of hydrogen-bond acceptors (Lipinski definition) is 3. The molecule has 0 N–H and O–H groups in total. The van der Waals surface area contributed by atoms with Crippen molar-refractivity contribution >= 4 is 11.3 Å². The van der Waals surface area contributed by atoms with Crippen LogP contribution in [0.2, 0.25) is 0 Å². The van der Waals surface area contributed by atoms with Crippen molar-refractivity contribution in [3.05, 3.63) is 47.6 Å². The van der Waals surface area contributed by atoms with Gasteiger partial charge < -0.3 is 9.30 Å². The third kappa shape index (κ3) is 1.68. The van der Waals surface area contributed by atoms with Gasteiger partial charge in [0.1, 0.15) is 11.4 Å². The van der Waals surface area contributed by atoms with E-state index in [0.717, 1.165) is 24.4 Å². The van der Waals surface area contributed by atoms with Gasteiger partial charge in [0.15, 0.2) is 0 Å². The van der Waals surface area contributed by atoms with Gasteiger partial charge in [0.25, 0.3) is 0 Å². The summed E-state index contributed by atoms with van der Waals surface area (Å²) in [5.74, 6) is 0.925. The molecule has 0 saturated carbocycles. The molecule has 1 aliphatic rings. The normalized spacial score (nSPS) is 12.8. The molecular weight excluding hydrogens is 268 g/mol. The van der Waals surface area contributed by atoms with Gasteiger partial charge in [-0.1, -0.05) is 6.07 Å². The average Bonchev–Trinajstić information content (AvgIpc) is 3.15. The van der Waals surface area contributed by atoms with Crippen LogP contribution in [-0.4, -0.2) is 16.7 Å². The van der Waals surface area contributed by atoms with E-state index in [0.29, 0.717) is 0 Å². The van der Waals surface area contributed by atoms with E-state index in [9.17, 15) is 0 Å². The van der Waals surface area contributed by atoms with Crippen molar-refractivity contribution in [1.29, 1.82) is 0 Å². The Kier molecular flexibility index (Phi) is 2.63. The minimum absolute atomic E-state index is 0.925. The third-order valence-electron chi connectivity index (χ3n) is 3.78. The van der Waals surface area contributed by atoms with Crippen LogP contribution in [0.25, 0.3) is 21.8 Å². The second kappa shape index (κ2) is 4.49. The summed E-state index contributed by atoms with van der Waals surface area (Å²) in [7, 11) is 1.71. The third-order valence-corrected chi connectivity index (χ3v) is 4.66. The van der Waals surface area contributed by atoms with Crippen molar-refractivity contribution in [3.8, 4) is 27.6 Å². The molecule has 0 bridgehead atoms. The minimum Gasteiger partial charge on any atom is -0.497 e.